The summed E-state index contributed by atoms with van der Waals surface area (Å²) in [5, 5.41) is 14.8. The fourth-order valence-electron chi connectivity index (χ4n) is 0. The minimum absolute atomic E-state index is 0. The zero-order valence-electron chi connectivity index (χ0n) is 3.71. The molecule has 0 amide bonds. The third-order valence-corrected chi connectivity index (χ3v) is 0.183. The van der Waals surface area contributed by atoms with Crippen molar-refractivity contribution >= 4 is 11.9 Å². The summed E-state index contributed by atoms with van der Waals surface area (Å²) in [6.45, 7) is 0. The number of hydrogen-bond donors (Lipinski definition) is 2. The molecule has 0 aromatic carbocycles. The Kier molecular flexibility index (Phi) is 5.17. The van der Waals surface area contributed by atoms with Crippen LogP contribution in [0.1, 0.15) is 0 Å². The minimum Gasteiger partial charge on any atom is -0.473 e. The van der Waals surface area contributed by atoms with E-state index in [4.69, 9.17) is 19.8 Å². The van der Waals surface area contributed by atoms with E-state index in [0.29, 0.717) is 0 Å². The van der Waals surface area contributed by atoms with E-state index in [2.05, 4.69) is 0 Å². The smallest absolute Gasteiger partial charge is 0.473 e. The van der Waals surface area contributed by atoms with Gasteiger partial charge in [0.2, 0.25) is 0 Å². The van der Waals surface area contributed by atoms with Gasteiger partial charge in [0.15, 0.2) is 0 Å². The van der Waals surface area contributed by atoms with Crippen molar-refractivity contribution in [2.75, 3.05) is 0 Å². The second kappa shape index (κ2) is 3.72. The Balaban J connectivity index is 0. The van der Waals surface area contributed by atoms with Gasteiger partial charge in [0.1, 0.15) is 0 Å². The van der Waals surface area contributed by atoms with Crippen molar-refractivity contribution in [3.05, 3.63) is 0 Å². The monoisotopic (exact) mass is 97.0 g/mol. The Morgan fingerprint density at radius 2 is 1.14 bits per heavy atom. The normalized spacial score (nSPS) is 6.29. The molecular formula is C2H2LiO4+. The Morgan fingerprint density at radius 3 is 1.14 bits per heavy atom. The molecule has 0 spiro atoms. The van der Waals surface area contributed by atoms with Crippen LogP contribution < -0.4 is 18.9 Å². The van der Waals surface area contributed by atoms with E-state index >= 15 is 0 Å². The van der Waals surface area contributed by atoms with Crippen LogP contribution in [-0.4, -0.2) is 22.2 Å². The Hall–Kier alpha value is -0.463. The van der Waals surface area contributed by atoms with Gasteiger partial charge in [0.05, 0.1) is 0 Å². The predicted molar refractivity (Wildman–Crippen MR) is 15.3 cm³/mol. The molecule has 0 atom stereocenters. The SMILES string of the molecule is O=C(O)C(=O)O.[Li+]. The van der Waals surface area contributed by atoms with E-state index in [1.807, 2.05) is 0 Å². The first-order valence-electron chi connectivity index (χ1n) is 1.11. The standard InChI is InChI=1S/C2H2O4.Li/c3-1(4)2(5)6;/h(H,3,4)(H,5,6);/q;+1. The predicted octanol–water partition coefficient (Wildman–Crippen LogP) is -3.84. The number of aliphatic carboxylic acids is 2. The van der Waals surface area contributed by atoms with Crippen LogP contribution in [0.5, 0.6) is 0 Å². The van der Waals surface area contributed by atoms with Gasteiger partial charge in [-0.05, 0) is 0 Å². The molecule has 0 bridgehead atoms. The van der Waals surface area contributed by atoms with Gasteiger partial charge in [-0.2, -0.15) is 0 Å². The summed E-state index contributed by atoms with van der Waals surface area (Å²) < 4.78 is 0. The summed E-state index contributed by atoms with van der Waals surface area (Å²) in [4.78, 5) is 18.2. The first-order chi connectivity index (χ1) is 2.64. The number of rotatable bonds is 0. The van der Waals surface area contributed by atoms with Crippen LogP contribution in [0, 0.1) is 0 Å². The van der Waals surface area contributed by atoms with Crippen LogP contribution in [-0.2, 0) is 9.59 Å². The fourth-order valence-corrected chi connectivity index (χ4v) is 0. The van der Waals surface area contributed by atoms with Crippen molar-refractivity contribution in [3.8, 4) is 0 Å². The summed E-state index contributed by atoms with van der Waals surface area (Å²) in [5.74, 6) is -3.65. The molecule has 34 valence electrons. The van der Waals surface area contributed by atoms with Crippen molar-refractivity contribution < 1.29 is 38.7 Å². The molecule has 0 unspecified atom stereocenters. The second-order valence-corrected chi connectivity index (χ2v) is 0.610. The molecule has 0 aliphatic carbocycles. The van der Waals surface area contributed by atoms with Crippen LogP contribution in [0.2, 0.25) is 0 Å². The Bertz CT molecular complexity index is 75.7. The first kappa shape index (κ1) is 9.74. The zero-order chi connectivity index (χ0) is 5.15. The molecule has 5 heteroatoms. The molecule has 0 aromatic rings. The van der Waals surface area contributed by atoms with Gasteiger partial charge in [-0.15, -0.1) is 0 Å². The maximum atomic E-state index is 9.10. The number of carboxylic acid groups (broad SMARTS) is 2. The Morgan fingerprint density at radius 1 is 1.00 bits per heavy atom. The van der Waals surface area contributed by atoms with E-state index in [9.17, 15) is 0 Å². The van der Waals surface area contributed by atoms with Gasteiger partial charge in [0.25, 0.3) is 0 Å². The van der Waals surface area contributed by atoms with E-state index in [-0.39, 0.29) is 18.9 Å². The molecule has 0 rings (SSSR count). The van der Waals surface area contributed by atoms with Gasteiger partial charge in [0, 0.05) is 0 Å². The third-order valence-electron chi connectivity index (χ3n) is 0.183. The average molecular weight is 97.0 g/mol. The van der Waals surface area contributed by atoms with Crippen LogP contribution >= 0.6 is 0 Å². The average Bonchev–Trinajstić information content (AvgIpc) is 1.36. The number of hydrogen-bond acceptors (Lipinski definition) is 2. The number of carboxylic acids is 2. The van der Waals surface area contributed by atoms with Gasteiger partial charge < -0.3 is 10.2 Å². The van der Waals surface area contributed by atoms with E-state index in [1.54, 1.807) is 0 Å². The molecule has 0 heterocycles. The minimum atomic E-state index is -1.82. The summed E-state index contributed by atoms with van der Waals surface area (Å²) in [7, 11) is 0. The topological polar surface area (TPSA) is 74.6 Å². The van der Waals surface area contributed by atoms with Crippen LogP contribution in [0.3, 0.4) is 0 Å². The summed E-state index contributed by atoms with van der Waals surface area (Å²) in [6.07, 6.45) is 0. The largest absolute Gasteiger partial charge is 1.00 e. The van der Waals surface area contributed by atoms with Crippen molar-refractivity contribution in [2.45, 2.75) is 0 Å². The molecule has 0 aliphatic heterocycles. The molecule has 0 saturated carbocycles. The van der Waals surface area contributed by atoms with Gasteiger partial charge in [-0.25, -0.2) is 9.59 Å². The maximum Gasteiger partial charge on any atom is 1.00 e. The van der Waals surface area contributed by atoms with Gasteiger partial charge >= 0.3 is 30.8 Å². The summed E-state index contributed by atoms with van der Waals surface area (Å²) in [6, 6.07) is 0. The summed E-state index contributed by atoms with van der Waals surface area (Å²) in [5.41, 5.74) is 0. The van der Waals surface area contributed by atoms with E-state index in [1.165, 1.54) is 0 Å². The van der Waals surface area contributed by atoms with E-state index < -0.39 is 11.9 Å². The molecule has 7 heavy (non-hydrogen) atoms. The van der Waals surface area contributed by atoms with Gasteiger partial charge in [-0.3, -0.25) is 0 Å². The molecule has 2 N–H and O–H groups in total. The maximum absolute atomic E-state index is 9.10. The molecule has 0 radical (unpaired) electrons. The van der Waals surface area contributed by atoms with E-state index in [0.717, 1.165) is 0 Å². The van der Waals surface area contributed by atoms with Crippen molar-refractivity contribution in [1.82, 2.24) is 0 Å². The second-order valence-electron chi connectivity index (χ2n) is 0.610. The van der Waals surface area contributed by atoms with Crippen LogP contribution in [0.4, 0.5) is 0 Å². The zero-order valence-corrected chi connectivity index (χ0v) is 3.71. The third kappa shape index (κ3) is 5.54. The molecule has 4 nitrogen and oxygen atoms in total. The fraction of sp³-hybridized carbons (Fsp3) is 0. The molecule has 0 saturated heterocycles. The quantitative estimate of drug-likeness (QED) is 0.240. The first-order valence-corrected chi connectivity index (χ1v) is 1.11. The summed E-state index contributed by atoms with van der Waals surface area (Å²) >= 11 is 0. The van der Waals surface area contributed by atoms with Crippen molar-refractivity contribution in [3.63, 3.8) is 0 Å². The molecule has 0 aromatic heterocycles. The van der Waals surface area contributed by atoms with Crippen LogP contribution in [0.15, 0.2) is 0 Å². The van der Waals surface area contributed by atoms with Crippen molar-refractivity contribution in [1.29, 1.82) is 0 Å². The number of carbonyl (C=O) groups is 2. The molecule has 0 fully saturated rings. The van der Waals surface area contributed by atoms with Crippen molar-refractivity contribution in [2.24, 2.45) is 0 Å². The van der Waals surface area contributed by atoms with Gasteiger partial charge in [-0.1, -0.05) is 0 Å². The van der Waals surface area contributed by atoms with Crippen LogP contribution in [0.25, 0.3) is 0 Å². The Labute approximate surface area is 51.3 Å². The molecule has 0 aliphatic rings. The molecular weight excluding hydrogens is 95.0 g/mol.